The van der Waals surface area contributed by atoms with Crippen molar-refractivity contribution in [3.63, 3.8) is 0 Å². The van der Waals surface area contributed by atoms with Gasteiger partial charge in [0, 0.05) is 6.04 Å². The predicted octanol–water partition coefficient (Wildman–Crippen LogP) is 3.67. The van der Waals surface area contributed by atoms with Crippen LogP contribution in [0.25, 0.3) is 0 Å². The Morgan fingerprint density at radius 3 is 2.48 bits per heavy atom. The molecule has 0 radical (unpaired) electrons. The summed E-state index contributed by atoms with van der Waals surface area (Å²) in [5, 5.41) is 0.210. The summed E-state index contributed by atoms with van der Waals surface area (Å²) in [5.74, 6) is 0.429. The molecule has 1 aliphatic rings. The number of H-pyrrole nitrogens is 1. The highest BCUT2D eigenvalue weighted by molar-refractivity contribution is 6.30. The van der Waals surface area contributed by atoms with Crippen LogP contribution in [0.3, 0.4) is 0 Å². The minimum Gasteiger partial charge on any atom is -0.297 e. The zero-order valence-electron chi connectivity index (χ0n) is 13.0. The Morgan fingerprint density at radius 2 is 1.90 bits per heavy atom. The maximum absolute atomic E-state index is 12.7. The van der Waals surface area contributed by atoms with Crippen LogP contribution in [0.5, 0.6) is 0 Å². The van der Waals surface area contributed by atoms with Crippen molar-refractivity contribution in [2.75, 3.05) is 0 Å². The van der Waals surface area contributed by atoms with E-state index in [2.05, 4.69) is 11.9 Å². The highest BCUT2D eigenvalue weighted by atomic mass is 35.5. The summed E-state index contributed by atoms with van der Waals surface area (Å²) >= 11 is 6.05. The standard InChI is InChI=1S/C16H25ClN2O2/c1-3-8-12-14(17)18-16(21)19(15(12)20)13(4-2)11-9-6-5-7-10-11/h11,13H,3-10H2,1-2H3,(H,18,21). The topological polar surface area (TPSA) is 54.9 Å². The Labute approximate surface area is 130 Å². The van der Waals surface area contributed by atoms with E-state index in [4.69, 9.17) is 11.6 Å². The Morgan fingerprint density at radius 1 is 1.24 bits per heavy atom. The molecule has 0 aromatic carbocycles. The summed E-state index contributed by atoms with van der Waals surface area (Å²) in [6, 6.07) is -0.00516. The summed E-state index contributed by atoms with van der Waals surface area (Å²) < 4.78 is 1.44. The fourth-order valence-electron chi connectivity index (χ4n) is 3.57. The van der Waals surface area contributed by atoms with E-state index in [0.29, 0.717) is 17.9 Å². The third kappa shape index (κ3) is 3.42. The van der Waals surface area contributed by atoms with E-state index in [0.717, 1.165) is 25.7 Å². The zero-order valence-corrected chi connectivity index (χ0v) is 13.7. The Balaban J connectivity index is 2.47. The second-order valence-electron chi connectivity index (χ2n) is 6.02. The van der Waals surface area contributed by atoms with Gasteiger partial charge in [0.1, 0.15) is 5.15 Å². The number of hydrogen-bond donors (Lipinski definition) is 1. The first-order chi connectivity index (χ1) is 10.1. The van der Waals surface area contributed by atoms with Crippen LogP contribution in [0.2, 0.25) is 5.15 Å². The first kappa shape index (κ1) is 16.3. The molecule has 118 valence electrons. The molecule has 1 heterocycles. The molecule has 1 atom stereocenters. The van der Waals surface area contributed by atoms with E-state index in [1.165, 1.54) is 23.8 Å². The van der Waals surface area contributed by atoms with E-state index in [1.807, 2.05) is 6.92 Å². The molecule has 0 aliphatic heterocycles. The first-order valence-electron chi connectivity index (χ1n) is 8.13. The summed E-state index contributed by atoms with van der Waals surface area (Å²) in [5.41, 5.74) is -0.00155. The van der Waals surface area contributed by atoms with Gasteiger partial charge in [0.05, 0.1) is 5.56 Å². The van der Waals surface area contributed by atoms with Gasteiger partial charge >= 0.3 is 5.69 Å². The quantitative estimate of drug-likeness (QED) is 0.843. The second-order valence-corrected chi connectivity index (χ2v) is 6.40. The van der Waals surface area contributed by atoms with E-state index < -0.39 is 0 Å². The smallest absolute Gasteiger partial charge is 0.297 e. The summed E-state index contributed by atoms with van der Waals surface area (Å²) in [7, 11) is 0. The van der Waals surface area contributed by atoms with Crippen LogP contribution >= 0.6 is 11.6 Å². The Bertz CT molecular complexity index is 585. The monoisotopic (exact) mass is 312 g/mol. The van der Waals surface area contributed by atoms with Gasteiger partial charge in [-0.2, -0.15) is 0 Å². The van der Waals surface area contributed by atoms with Crippen LogP contribution in [0.1, 0.15) is 70.4 Å². The van der Waals surface area contributed by atoms with Crippen LogP contribution in [0, 0.1) is 5.92 Å². The predicted molar refractivity (Wildman–Crippen MR) is 86.2 cm³/mol. The van der Waals surface area contributed by atoms with Gasteiger partial charge in [-0.3, -0.25) is 14.3 Å². The van der Waals surface area contributed by atoms with Crippen molar-refractivity contribution >= 4 is 11.6 Å². The van der Waals surface area contributed by atoms with Crippen molar-refractivity contribution in [1.82, 2.24) is 9.55 Å². The van der Waals surface area contributed by atoms with Crippen LogP contribution in [-0.2, 0) is 6.42 Å². The minimum absolute atomic E-state index is 0.00516. The Kier molecular flexibility index (Phi) is 5.68. The van der Waals surface area contributed by atoms with Crippen molar-refractivity contribution in [3.05, 3.63) is 31.6 Å². The number of hydrogen-bond acceptors (Lipinski definition) is 2. The minimum atomic E-state index is -0.359. The van der Waals surface area contributed by atoms with Gasteiger partial charge in [-0.25, -0.2) is 4.79 Å². The molecule has 1 fully saturated rings. The number of rotatable bonds is 5. The van der Waals surface area contributed by atoms with Gasteiger partial charge in [-0.05, 0) is 31.6 Å². The number of halogens is 1. The molecule has 2 rings (SSSR count). The lowest BCUT2D eigenvalue weighted by Gasteiger charge is -2.30. The van der Waals surface area contributed by atoms with Crippen LogP contribution in [-0.4, -0.2) is 9.55 Å². The van der Waals surface area contributed by atoms with Crippen molar-refractivity contribution < 1.29 is 0 Å². The molecule has 1 aliphatic carbocycles. The lowest BCUT2D eigenvalue weighted by atomic mass is 9.82. The normalized spacial score (nSPS) is 17.9. The molecule has 0 amide bonds. The second kappa shape index (κ2) is 7.30. The third-order valence-electron chi connectivity index (χ3n) is 4.62. The van der Waals surface area contributed by atoms with Gasteiger partial charge in [-0.1, -0.05) is 51.1 Å². The van der Waals surface area contributed by atoms with Crippen molar-refractivity contribution in [2.45, 2.75) is 71.3 Å². The number of nitrogens with one attached hydrogen (secondary N) is 1. The van der Waals surface area contributed by atoms with Gasteiger partial charge in [-0.15, -0.1) is 0 Å². The van der Waals surface area contributed by atoms with Gasteiger partial charge in [0.15, 0.2) is 0 Å². The van der Waals surface area contributed by atoms with Gasteiger partial charge < -0.3 is 0 Å². The molecule has 4 nitrogen and oxygen atoms in total. The maximum atomic E-state index is 12.7. The van der Waals surface area contributed by atoms with Crippen LogP contribution in [0.15, 0.2) is 9.59 Å². The van der Waals surface area contributed by atoms with Crippen molar-refractivity contribution in [1.29, 1.82) is 0 Å². The molecule has 1 saturated carbocycles. The average Bonchev–Trinajstić information content (AvgIpc) is 2.48. The van der Waals surface area contributed by atoms with Gasteiger partial charge in [0.25, 0.3) is 5.56 Å². The van der Waals surface area contributed by atoms with E-state index in [9.17, 15) is 9.59 Å². The maximum Gasteiger partial charge on any atom is 0.329 e. The third-order valence-corrected chi connectivity index (χ3v) is 4.94. The fraction of sp³-hybridized carbons (Fsp3) is 0.750. The number of nitrogens with zero attached hydrogens (tertiary/aromatic N) is 1. The lowest BCUT2D eigenvalue weighted by Crippen LogP contribution is -2.42. The molecule has 5 heteroatoms. The zero-order chi connectivity index (χ0) is 15.4. The van der Waals surface area contributed by atoms with E-state index in [-0.39, 0.29) is 22.4 Å². The molecular weight excluding hydrogens is 288 g/mol. The molecule has 21 heavy (non-hydrogen) atoms. The largest absolute Gasteiger partial charge is 0.329 e. The van der Waals surface area contributed by atoms with E-state index >= 15 is 0 Å². The SMILES string of the molecule is CCCc1c(Cl)[nH]c(=O)n(C(CC)C2CCCCC2)c1=O. The van der Waals surface area contributed by atoms with Crippen molar-refractivity contribution in [2.24, 2.45) is 5.92 Å². The van der Waals surface area contributed by atoms with Gasteiger partial charge in [0.2, 0.25) is 0 Å². The summed E-state index contributed by atoms with van der Waals surface area (Å²) in [6.07, 6.45) is 8.12. The number of aromatic amines is 1. The molecule has 0 bridgehead atoms. The molecule has 1 unspecified atom stereocenters. The van der Waals surface area contributed by atoms with Crippen LogP contribution < -0.4 is 11.2 Å². The number of aromatic nitrogens is 2. The van der Waals surface area contributed by atoms with Crippen molar-refractivity contribution in [3.8, 4) is 0 Å². The molecular formula is C16H25ClN2O2. The van der Waals surface area contributed by atoms with E-state index in [1.54, 1.807) is 0 Å². The highest BCUT2D eigenvalue weighted by Crippen LogP contribution is 2.33. The molecule has 1 N–H and O–H groups in total. The molecule has 1 aromatic rings. The fourth-order valence-corrected chi connectivity index (χ4v) is 3.83. The molecule has 1 aromatic heterocycles. The highest BCUT2D eigenvalue weighted by Gasteiger charge is 2.27. The first-order valence-corrected chi connectivity index (χ1v) is 8.51. The lowest BCUT2D eigenvalue weighted by molar-refractivity contribution is 0.233. The van der Waals surface area contributed by atoms with Crippen LogP contribution in [0.4, 0.5) is 0 Å². The Hall–Kier alpha value is -1.03. The average molecular weight is 313 g/mol. The summed E-state index contributed by atoms with van der Waals surface area (Å²) in [6.45, 7) is 4.06. The summed E-state index contributed by atoms with van der Waals surface area (Å²) in [4.78, 5) is 27.6. The molecule has 0 saturated heterocycles. The molecule has 0 spiro atoms.